The fraction of sp³-hybridized carbons (Fsp3) is 0.359. The maximum atomic E-state index is 12.2. The van der Waals surface area contributed by atoms with Crippen molar-refractivity contribution in [2.24, 2.45) is 21.5 Å². The summed E-state index contributed by atoms with van der Waals surface area (Å²) in [7, 11) is 0. The number of anilines is 1. The SMILES string of the molecule is Cc1nc2cc(C)c(N)cc2s1.Cc1nc2cc(C)c(N=C(N)N)cc2s1.Cc1nc2cc(C)c(N=C(NC(=O)OC(C)(C)C)NC(=O)OC(C)(C)C)cc2s1.Cl. The molecule has 18 heteroatoms. The number of rotatable bonds is 2. The minimum atomic E-state index is -0.736. The lowest BCUT2D eigenvalue weighted by Gasteiger charge is -2.22. The molecular weight excluding hydrogens is 804 g/mol. The number of carbonyl (C=O) groups excluding carboxylic acids is 2. The van der Waals surface area contributed by atoms with Gasteiger partial charge >= 0.3 is 12.2 Å². The van der Waals surface area contributed by atoms with E-state index in [4.69, 9.17) is 26.7 Å². The fourth-order valence-electron chi connectivity index (χ4n) is 4.96. The number of nitrogens with one attached hydrogen (secondary N) is 2. The Morgan fingerprint density at radius 2 is 0.947 bits per heavy atom. The highest BCUT2D eigenvalue weighted by Crippen LogP contribution is 2.31. The van der Waals surface area contributed by atoms with Crippen LogP contribution in [0.4, 0.5) is 26.7 Å². The van der Waals surface area contributed by atoms with Crippen molar-refractivity contribution in [3.63, 3.8) is 0 Å². The van der Waals surface area contributed by atoms with Crippen LogP contribution in [-0.4, -0.2) is 50.3 Å². The number of benzene rings is 3. The number of ether oxygens (including phenoxy) is 2. The number of amides is 2. The zero-order chi connectivity index (χ0) is 41.7. The minimum Gasteiger partial charge on any atom is -0.444 e. The molecule has 57 heavy (non-hydrogen) atoms. The van der Waals surface area contributed by atoms with Crippen LogP contribution in [0.25, 0.3) is 30.6 Å². The summed E-state index contributed by atoms with van der Waals surface area (Å²) >= 11 is 4.87. The summed E-state index contributed by atoms with van der Waals surface area (Å²) in [4.78, 5) is 46.2. The van der Waals surface area contributed by atoms with E-state index in [0.717, 1.165) is 69.0 Å². The highest BCUT2D eigenvalue weighted by atomic mass is 35.5. The van der Waals surface area contributed by atoms with Crippen LogP contribution < -0.4 is 27.8 Å². The molecular formula is C39H51ClN10O4S3. The Labute approximate surface area is 350 Å². The summed E-state index contributed by atoms with van der Waals surface area (Å²) in [6.07, 6.45) is -1.47. The lowest BCUT2D eigenvalue weighted by Crippen LogP contribution is -2.47. The number of hydrogen-bond donors (Lipinski definition) is 5. The molecule has 0 fully saturated rings. The maximum absolute atomic E-state index is 12.2. The maximum Gasteiger partial charge on any atom is 0.414 e. The van der Waals surface area contributed by atoms with Gasteiger partial charge in [0.2, 0.25) is 5.96 Å². The Hall–Kier alpha value is -5.10. The van der Waals surface area contributed by atoms with Gasteiger partial charge in [0, 0.05) is 5.69 Å². The minimum absolute atomic E-state index is 0. The largest absolute Gasteiger partial charge is 0.444 e. The Kier molecular flexibility index (Phi) is 15.3. The molecule has 0 atom stereocenters. The van der Waals surface area contributed by atoms with Crippen LogP contribution in [0.15, 0.2) is 46.4 Å². The standard InChI is InChI=1S/C20H28N4O4S.C10H12N4S.C9H10N2S.ClH/c1-11-9-14-15(29-12(2)21-14)10-13(11)22-16(23-17(25)27-19(3,4)5)24-18(26)28-20(6,7)8;1-5-3-8-9(15-6(2)13-8)4-7(5)14-10(11)12;1-5-3-8-9(4-7(5)10)12-6(2)11-8;/h9-10H,1-8H3,(H2,22,23,24,25,26);3-4H,1-2H3,(H4,11,12,14);3-4H,10H2,1-2H3;1H. The third-order valence-corrected chi connectivity index (χ3v) is 10.0. The van der Waals surface area contributed by atoms with Gasteiger partial charge in [-0.25, -0.2) is 34.5 Å². The van der Waals surface area contributed by atoms with Crippen molar-refractivity contribution < 1.29 is 19.1 Å². The van der Waals surface area contributed by atoms with E-state index in [1.165, 1.54) is 4.70 Å². The van der Waals surface area contributed by atoms with Crippen molar-refractivity contribution in [1.29, 1.82) is 0 Å². The first-order valence-corrected chi connectivity index (χ1v) is 20.0. The Balaban J connectivity index is 0.000000257. The first kappa shape index (κ1) is 46.3. The van der Waals surface area contributed by atoms with Gasteiger partial charge in [-0.3, -0.25) is 10.6 Å². The second-order valence-electron chi connectivity index (χ2n) is 14.8. The number of halogens is 1. The van der Waals surface area contributed by atoms with Crippen molar-refractivity contribution in [3.8, 4) is 0 Å². The van der Waals surface area contributed by atoms with E-state index in [9.17, 15) is 9.59 Å². The monoisotopic (exact) mass is 854 g/mol. The number of alkyl carbamates (subject to hydrolysis) is 2. The van der Waals surface area contributed by atoms with Gasteiger partial charge in [0.15, 0.2) is 5.96 Å². The van der Waals surface area contributed by atoms with Crippen molar-refractivity contribution in [1.82, 2.24) is 25.6 Å². The molecule has 3 aromatic carbocycles. The molecule has 6 aromatic rings. The summed E-state index contributed by atoms with van der Waals surface area (Å²) in [6.45, 7) is 22.3. The number of fused-ring (bicyclic) bond motifs is 3. The number of nitrogens with zero attached hydrogens (tertiary/aromatic N) is 5. The first-order valence-electron chi connectivity index (χ1n) is 17.5. The second-order valence-corrected chi connectivity index (χ2v) is 18.5. The van der Waals surface area contributed by atoms with Gasteiger partial charge in [0.05, 0.1) is 57.0 Å². The molecule has 0 radical (unpaired) electrons. The highest BCUT2D eigenvalue weighted by Gasteiger charge is 2.22. The lowest BCUT2D eigenvalue weighted by molar-refractivity contribution is 0.0545. The first-order chi connectivity index (χ1) is 25.9. The number of nitrogens with two attached hydrogens (primary N) is 3. The normalized spacial score (nSPS) is 11.0. The summed E-state index contributed by atoms with van der Waals surface area (Å²) in [5.74, 6) is -0.00382. The topological polar surface area (TPSA) is 218 Å². The predicted octanol–water partition coefficient (Wildman–Crippen LogP) is 9.69. The van der Waals surface area contributed by atoms with Gasteiger partial charge in [0.25, 0.3) is 0 Å². The molecule has 0 aliphatic rings. The zero-order valence-corrected chi connectivity index (χ0v) is 37.5. The number of nitrogen functional groups attached to an aromatic ring is 1. The van der Waals surface area contributed by atoms with E-state index in [1.54, 1.807) is 75.6 Å². The highest BCUT2D eigenvalue weighted by molar-refractivity contribution is 7.19. The number of aliphatic imine (C=N–C) groups is 2. The van der Waals surface area contributed by atoms with Crippen LogP contribution in [0.1, 0.15) is 73.3 Å². The Morgan fingerprint density at radius 3 is 1.32 bits per heavy atom. The molecule has 3 heterocycles. The number of hydrogen-bond acceptors (Lipinski definition) is 13. The van der Waals surface area contributed by atoms with E-state index in [0.29, 0.717) is 5.69 Å². The number of carbonyl (C=O) groups is 2. The average molecular weight is 856 g/mol. The predicted molar refractivity (Wildman–Crippen MR) is 240 cm³/mol. The molecule has 8 N–H and O–H groups in total. The molecule has 0 saturated heterocycles. The van der Waals surface area contributed by atoms with Crippen LogP contribution in [-0.2, 0) is 9.47 Å². The van der Waals surface area contributed by atoms with Gasteiger partial charge in [-0.15, -0.1) is 46.4 Å². The number of aromatic nitrogens is 3. The quantitative estimate of drug-likeness (QED) is 0.0631. The summed E-state index contributed by atoms with van der Waals surface area (Å²) in [5, 5.41) is 8.05. The fourth-order valence-corrected chi connectivity index (χ4v) is 7.50. The van der Waals surface area contributed by atoms with E-state index in [1.807, 2.05) is 77.9 Å². The number of aryl methyl sites for hydroxylation is 6. The molecule has 306 valence electrons. The second kappa shape index (κ2) is 18.9. The third-order valence-electron chi connectivity index (χ3n) is 7.23. The van der Waals surface area contributed by atoms with Gasteiger partial charge in [-0.05, 0) is 136 Å². The van der Waals surface area contributed by atoms with E-state index in [2.05, 4.69) is 35.6 Å². The molecule has 0 unspecified atom stereocenters. The van der Waals surface area contributed by atoms with Gasteiger partial charge in [-0.1, -0.05) is 0 Å². The smallest absolute Gasteiger partial charge is 0.414 e. The van der Waals surface area contributed by atoms with E-state index < -0.39 is 23.4 Å². The molecule has 2 amide bonds. The van der Waals surface area contributed by atoms with Gasteiger partial charge in [-0.2, -0.15) is 0 Å². The summed E-state index contributed by atoms with van der Waals surface area (Å²) in [6, 6.07) is 11.8. The van der Waals surface area contributed by atoms with Crippen molar-refractivity contribution in [3.05, 3.63) is 68.1 Å². The van der Waals surface area contributed by atoms with Crippen LogP contribution in [0.2, 0.25) is 0 Å². The van der Waals surface area contributed by atoms with E-state index >= 15 is 0 Å². The lowest BCUT2D eigenvalue weighted by atomic mass is 10.2. The molecule has 3 aromatic heterocycles. The molecule has 0 aliphatic heterocycles. The van der Waals surface area contributed by atoms with Crippen molar-refractivity contribution in [2.75, 3.05) is 5.73 Å². The van der Waals surface area contributed by atoms with Gasteiger partial charge in [0.1, 0.15) is 11.2 Å². The molecule has 0 spiro atoms. The van der Waals surface area contributed by atoms with E-state index in [-0.39, 0.29) is 24.3 Å². The van der Waals surface area contributed by atoms with Gasteiger partial charge < -0.3 is 26.7 Å². The molecule has 0 saturated carbocycles. The summed E-state index contributed by atoms with van der Waals surface area (Å²) in [5.41, 5.74) is 23.3. The molecule has 6 rings (SSSR count). The van der Waals surface area contributed by atoms with Crippen LogP contribution >= 0.6 is 46.4 Å². The number of guanidine groups is 2. The number of thiazole rings is 3. The Bertz CT molecular complexity index is 2380. The molecule has 0 aliphatic carbocycles. The molecule has 14 nitrogen and oxygen atoms in total. The Morgan fingerprint density at radius 1 is 0.596 bits per heavy atom. The summed E-state index contributed by atoms with van der Waals surface area (Å²) < 4.78 is 13.8. The third kappa shape index (κ3) is 14.1. The van der Waals surface area contributed by atoms with Crippen LogP contribution in [0.5, 0.6) is 0 Å². The van der Waals surface area contributed by atoms with Crippen molar-refractivity contribution >= 4 is 118 Å². The zero-order valence-electron chi connectivity index (χ0n) is 34.2. The molecule has 0 bridgehead atoms. The van der Waals surface area contributed by atoms with Crippen LogP contribution in [0, 0.1) is 41.5 Å². The van der Waals surface area contributed by atoms with Crippen LogP contribution in [0.3, 0.4) is 0 Å². The van der Waals surface area contributed by atoms with Crippen molar-refractivity contribution in [2.45, 2.75) is 94.3 Å². The average Bonchev–Trinajstić information content (AvgIpc) is 3.69.